The summed E-state index contributed by atoms with van der Waals surface area (Å²) in [5.41, 5.74) is 2.44. The molecule has 6 nitrogen and oxygen atoms in total. The highest BCUT2D eigenvalue weighted by Crippen LogP contribution is 2.42. The number of nitrogens with zero attached hydrogens (tertiary/aromatic N) is 3. The van der Waals surface area contributed by atoms with Crippen LogP contribution in [0, 0.1) is 13.8 Å². The molecule has 6 heteroatoms. The molecule has 0 aliphatic carbocycles. The first-order valence-corrected chi connectivity index (χ1v) is 9.13. The van der Waals surface area contributed by atoms with Gasteiger partial charge >= 0.3 is 0 Å². The van der Waals surface area contributed by atoms with Crippen LogP contribution in [0.1, 0.15) is 29.3 Å². The highest BCUT2D eigenvalue weighted by Gasteiger charge is 2.53. The fraction of sp³-hybridized carbons (Fsp3) is 0.500. The Hall–Kier alpha value is -2.18. The molecule has 2 aliphatic heterocycles. The molecule has 1 N–H and O–H groups in total. The third-order valence-corrected chi connectivity index (χ3v) is 5.64. The number of carbonyl (C=O) groups excluding carboxylic acids is 1. The second-order valence-corrected chi connectivity index (χ2v) is 7.56. The normalized spacial score (nSPS) is 28.2. The maximum absolute atomic E-state index is 12.7. The minimum absolute atomic E-state index is 0.0288. The molecular formula is C20H25N3O3. The Labute approximate surface area is 153 Å². The van der Waals surface area contributed by atoms with Crippen molar-refractivity contribution in [3.05, 3.63) is 53.3 Å². The summed E-state index contributed by atoms with van der Waals surface area (Å²) in [6, 6.07) is 12.2. The van der Waals surface area contributed by atoms with Crippen molar-refractivity contribution in [2.75, 3.05) is 19.7 Å². The number of β-amino-alcohol motifs (C(OH)–C–C–N with tert-alkyl or cyclic N) is 1. The smallest absolute Gasteiger partial charge is 0.244 e. The van der Waals surface area contributed by atoms with Gasteiger partial charge in [0.2, 0.25) is 5.91 Å². The van der Waals surface area contributed by atoms with Crippen molar-refractivity contribution in [2.45, 2.75) is 44.4 Å². The van der Waals surface area contributed by atoms with Crippen molar-refractivity contribution >= 4 is 5.91 Å². The summed E-state index contributed by atoms with van der Waals surface area (Å²) in [4.78, 5) is 14.4. The second-order valence-electron chi connectivity index (χ2n) is 7.56. The van der Waals surface area contributed by atoms with Crippen molar-refractivity contribution in [2.24, 2.45) is 0 Å². The van der Waals surface area contributed by atoms with Gasteiger partial charge in [-0.1, -0.05) is 30.3 Å². The summed E-state index contributed by atoms with van der Waals surface area (Å²) in [6.45, 7) is 5.40. The zero-order valence-corrected chi connectivity index (χ0v) is 15.3. The van der Waals surface area contributed by atoms with Gasteiger partial charge in [-0.05, 0) is 31.9 Å². The minimum Gasteiger partial charge on any atom is -0.388 e. The number of hydrogen-bond acceptors (Lipinski definition) is 4. The van der Waals surface area contributed by atoms with E-state index >= 15 is 0 Å². The van der Waals surface area contributed by atoms with Crippen molar-refractivity contribution in [3.63, 3.8) is 0 Å². The maximum Gasteiger partial charge on any atom is 0.244 e. The van der Waals surface area contributed by atoms with E-state index in [2.05, 4.69) is 17.2 Å². The summed E-state index contributed by atoms with van der Waals surface area (Å²) in [7, 11) is 0. The fourth-order valence-electron chi connectivity index (χ4n) is 4.20. The molecule has 1 spiro atoms. The minimum atomic E-state index is -0.652. The fourth-order valence-corrected chi connectivity index (χ4v) is 4.20. The Balaban J connectivity index is 1.44. The first-order chi connectivity index (χ1) is 12.5. The molecule has 2 aliphatic rings. The third kappa shape index (κ3) is 3.04. The predicted octanol–water partition coefficient (Wildman–Crippen LogP) is 1.65. The lowest BCUT2D eigenvalue weighted by atomic mass is 9.87. The Kier molecular flexibility index (Phi) is 4.32. The van der Waals surface area contributed by atoms with Crippen molar-refractivity contribution in [1.29, 1.82) is 0 Å². The van der Waals surface area contributed by atoms with E-state index in [4.69, 9.17) is 4.74 Å². The Morgan fingerprint density at radius 1 is 1.35 bits per heavy atom. The number of likely N-dealkylation sites (tertiary alicyclic amines) is 1. The average Bonchev–Trinajstić information content (AvgIpc) is 3.28. The average molecular weight is 355 g/mol. The first-order valence-electron chi connectivity index (χ1n) is 9.13. The van der Waals surface area contributed by atoms with Gasteiger partial charge in [0.15, 0.2) is 0 Å². The number of hydrogen-bond donors (Lipinski definition) is 1. The first kappa shape index (κ1) is 17.2. The molecule has 1 aromatic carbocycles. The number of aryl methyl sites for hydroxylation is 2. The van der Waals surface area contributed by atoms with Gasteiger partial charge in [-0.25, -0.2) is 0 Å². The van der Waals surface area contributed by atoms with Gasteiger partial charge in [0, 0.05) is 18.2 Å². The van der Waals surface area contributed by atoms with E-state index in [9.17, 15) is 9.90 Å². The highest BCUT2D eigenvalue weighted by atomic mass is 16.5. The molecule has 26 heavy (non-hydrogen) atoms. The quantitative estimate of drug-likeness (QED) is 0.909. The number of aliphatic hydroxyl groups is 1. The zero-order valence-electron chi connectivity index (χ0n) is 15.3. The summed E-state index contributed by atoms with van der Waals surface area (Å²) < 4.78 is 7.79. The van der Waals surface area contributed by atoms with Gasteiger partial charge < -0.3 is 14.7 Å². The van der Waals surface area contributed by atoms with Gasteiger partial charge in [0.05, 0.1) is 18.8 Å². The van der Waals surface area contributed by atoms with E-state index in [0.717, 1.165) is 17.8 Å². The van der Waals surface area contributed by atoms with Crippen LogP contribution in [-0.4, -0.2) is 57.1 Å². The molecule has 0 bridgehead atoms. The van der Waals surface area contributed by atoms with Crippen LogP contribution in [0.4, 0.5) is 0 Å². The van der Waals surface area contributed by atoms with Gasteiger partial charge in [-0.2, -0.15) is 5.10 Å². The standard InChI is InChI=1S/C20H25N3O3/c1-14-8-15(2)23(21-14)11-19(25)22-10-18(24)20(13-22)9-17(12-26-20)16-6-4-3-5-7-16/h3-8,17-18,24H,9-13H2,1-2H3/t17-,18+,20+/m0/s1. The van der Waals surface area contributed by atoms with Crippen molar-refractivity contribution in [3.8, 4) is 0 Å². The number of rotatable bonds is 3. The molecule has 0 saturated carbocycles. The molecular weight excluding hydrogens is 330 g/mol. The van der Waals surface area contributed by atoms with E-state index < -0.39 is 11.7 Å². The number of amides is 1. The molecule has 3 atom stereocenters. The molecule has 3 heterocycles. The lowest BCUT2D eigenvalue weighted by molar-refractivity contribution is -0.132. The molecule has 2 saturated heterocycles. The zero-order chi connectivity index (χ0) is 18.3. The Morgan fingerprint density at radius 2 is 2.12 bits per heavy atom. The van der Waals surface area contributed by atoms with E-state index in [1.165, 1.54) is 5.56 Å². The largest absolute Gasteiger partial charge is 0.388 e. The van der Waals surface area contributed by atoms with Crippen LogP contribution in [0.3, 0.4) is 0 Å². The van der Waals surface area contributed by atoms with Crippen LogP contribution >= 0.6 is 0 Å². The number of carbonyl (C=O) groups is 1. The molecule has 1 amide bonds. The predicted molar refractivity (Wildman–Crippen MR) is 96.8 cm³/mol. The SMILES string of the molecule is Cc1cc(C)n(CC(=O)N2C[C@@H](O)[C@@]3(C[C@H](c4ccccc4)CO3)C2)n1. The number of aliphatic hydroxyl groups excluding tert-OH is 1. The maximum atomic E-state index is 12.7. The van der Waals surface area contributed by atoms with Crippen LogP contribution in [-0.2, 0) is 16.1 Å². The van der Waals surface area contributed by atoms with Crippen LogP contribution in [0.5, 0.6) is 0 Å². The van der Waals surface area contributed by atoms with E-state index in [1.54, 1.807) is 9.58 Å². The summed E-state index contributed by atoms with van der Waals surface area (Å²) in [5, 5.41) is 15.0. The number of aromatic nitrogens is 2. The van der Waals surface area contributed by atoms with Crippen LogP contribution < -0.4 is 0 Å². The number of benzene rings is 1. The highest BCUT2D eigenvalue weighted by molar-refractivity contribution is 5.76. The summed E-state index contributed by atoms with van der Waals surface area (Å²) in [5.74, 6) is 0.232. The lowest BCUT2D eigenvalue weighted by Gasteiger charge is -2.26. The molecule has 4 rings (SSSR count). The Morgan fingerprint density at radius 3 is 2.81 bits per heavy atom. The van der Waals surface area contributed by atoms with Crippen LogP contribution in [0.15, 0.2) is 36.4 Å². The second kappa shape index (κ2) is 6.52. The molecule has 2 fully saturated rings. The summed E-state index contributed by atoms with van der Waals surface area (Å²) in [6.07, 6.45) is 0.0858. The van der Waals surface area contributed by atoms with Crippen molar-refractivity contribution in [1.82, 2.24) is 14.7 Å². The van der Waals surface area contributed by atoms with E-state index in [-0.39, 0.29) is 18.4 Å². The van der Waals surface area contributed by atoms with Gasteiger partial charge in [-0.3, -0.25) is 9.48 Å². The molecule has 2 aromatic rings. The third-order valence-electron chi connectivity index (χ3n) is 5.64. The van der Waals surface area contributed by atoms with Gasteiger partial charge in [0.1, 0.15) is 18.2 Å². The Bertz CT molecular complexity index is 804. The van der Waals surface area contributed by atoms with Crippen molar-refractivity contribution < 1.29 is 14.6 Å². The molecule has 1 aromatic heterocycles. The van der Waals surface area contributed by atoms with Gasteiger partial charge in [-0.15, -0.1) is 0 Å². The topological polar surface area (TPSA) is 67.6 Å². The molecule has 0 radical (unpaired) electrons. The van der Waals surface area contributed by atoms with E-state index in [0.29, 0.717) is 19.7 Å². The molecule has 0 unspecified atom stereocenters. The monoisotopic (exact) mass is 355 g/mol. The van der Waals surface area contributed by atoms with Crippen LogP contribution in [0.25, 0.3) is 0 Å². The lowest BCUT2D eigenvalue weighted by Crippen LogP contribution is -2.41. The summed E-state index contributed by atoms with van der Waals surface area (Å²) >= 11 is 0. The number of ether oxygens (including phenoxy) is 1. The molecule has 138 valence electrons. The van der Waals surface area contributed by atoms with Crippen LogP contribution in [0.2, 0.25) is 0 Å². The van der Waals surface area contributed by atoms with E-state index in [1.807, 2.05) is 38.1 Å². The van der Waals surface area contributed by atoms with Gasteiger partial charge in [0.25, 0.3) is 0 Å².